The third-order valence-corrected chi connectivity index (χ3v) is 14.0. The fraction of sp³-hybridized carbons (Fsp3) is 0.630. The van der Waals surface area contributed by atoms with Crippen LogP contribution in [0.2, 0.25) is 0 Å². The molecule has 2 aromatic carbocycles. The van der Waals surface area contributed by atoms with E-state index in [0.29, 0.717) is 11.1 Å². The van der Waals surface area contributed by atoms with Gasteiger partial charge in [-0.3, -0.25) is 38.4 Å². The quantitative estimate of drug-likeness (QED) is 0.0787. The molecular formula is C54H82N8O8. The smallest absolute Gasteiger partial charge is 0.246 e. The second-order valence-electron chi connectivity index (χ2n) is 22.0. The van der Waals surface area contributed by atoms with Gasteiger partial charge in [0.2, 0.25) is 35.4 Å². The minimum atomic E-state index is -0.994. The Bertz CT molecular complexity index is 2200. The molecule has 0 bridgehead atoms. The van der Waals surface area contributed by atoms with Crippen molar-refractivity contribution in [3.8, 4) is 0 Å². The van der Waals surface area contributed by atoms with Crippen molar-refractivity contribution in [3.63, 3.8) is 0 Å². The number of hydrogen-bond donors (Lipinski definition) is 7. The molecule has 0 radical (unpaired) electrons. The zero-order valence-corrected chi connectivity index (χ0v) is 44.0. The van der Waals surface area contributed by atoms with Gasteiger partial charge in [0.15, 0.2) is 11.6 Å². The molecule has 0 saturated carbocycles. The predicted molar refractivity (Wildman–Crippen MR) is 272 cm³/mol. The second-order valence-corrected chi connectivity index (χ2v) is 22.0. The van der Waals surface area contributed by atoms with Crippen molar-refractivity contribution >= 4 is 47.0 Å². The van der Waals surface area contributed by atoms with Crippen LogP contribution in [0.1, 0.15) is 159 Å². The van der Waals surface area contributed by atoms with Crippen molar-refractivity contribution in [2.75, 3.05) is 20.6 Å². The Hall–Kier alpha value is -5.48. The number of likely N-dealkylation sites (N-methyl/N-ethyl adjacent to an activating group) is 2. The van der Waals surface area contributed by atoms with E-state index in [-0.39, 0.29) is 85.9 Å². The van der Waals surface area contributed by atoms with Gasteiger partial charge < -0.3 is 42.1 Å². The fourth-order valence-corrected chi connectivity index (χ4v) is 8.89. The summed E-state index contributed by atoms with van der Waals surface area (Å²) in [4.78, 5) is 112. The number of likely N-dealkylation sites (tertiary alicyclic amines) is 1. The highest BCUT2D eigenvalue weighted by molar-refractivity contribution is 6.02. The zero-order valence-electron chi connectivity index (χ0n) is 44.0. The van der Waals surface area contributed by atoms with Crippen LogP contribution >= 0.6 is 0 Å². The molecule has 16 heteroatoms. The maximum absolute atomic E-state index is 14.6. The summed E-state index contributed by atoms with van der Waals surface area (Å²) in [6.07, 6.45) is 3.21. The standard InChI is InChI=1S/C54H82N8O8/c1-31(2)32(3)57-49(67)41(59-51(69)45(53(6,7)8)60-47(65)33(4)55-12)25-18-26-43(63)37-21-16-22-38(29-37)44(64)28-35-27-42(50(68)58-40-24-17-20-36-19-14-15-23-39(36)40)62(30-35)52(70)46(54(9,10)11)61-48(66)34(5)56-13/h14-16,19,21-23,29,31-35,40-42,45-46,55-56H,17-18,20,24-28,30H2,1-13H3,(H,57,67)(H,58,68)(H,59,69)(H,60,65)(H,61,66)/t32-,33+,34+,35-,40-,41+,42+,45-,46-/m1/s1. The lowest BCUT2D eigenvalue weighted by molar-refractivity contribution is -0.144. The lowest BCUT2D eigenvalue weighted by Crippen LogP contribution is -2.60. The van der Waals surface area contributed by atoms with Crippen molar-refractivity contribution in [1.82, 2.24) is 42.1 Å². The molecule has 1 aliphatic carbocycles. The monoisotopic (exact) mass is 971 g/mol. The molecule has 1 aliphatic heterocycles. The molecule has 6 amide bonds. The Labute approximate surface area is 416 Å². The van der Waals surface area contributed by atoms with E-state index in [1.54, 1.807) is 52.2 Å². The van der Waals surface area contributed by atoms with E-state index in [1.165, 1.54) is 10.5 Å². The van der Waals surface area contributed by atoms with E-state index in [2.05, 4.69) is 43.3 Å². The summed E-state index contributed by atoms with van der Waals surface area (Å²) >= 11 is 0. The van der Waals surface area contributed by atoms with Crippen molar-refractivity contribution < 1.29 is 38.4 Å². The van der Waals surface area contributed by atoms with Gasteiger partial charge in [-0.1, -0.05) is 97.9 Å². The van der Waals surface area contributed by atoms with E-state index in [9.17, 15) is 38.4 Å². The Kier molecular flexibility index (Phi) is 20.4. The molecular weight excluding hydrogens is 889 g/mol. The summed E-state index contributed by atoms with van der Waals surface area (Å²) in [5.74, 6) is -3.12. The number of rotatable bonds is 22. The van der Waals surface area contributed by atoms with E-state index in [4.69, 9.17) is 0 Å². The average Bonchev–Trinajstić information content (AvgIpc) is 3.74. The first-order valence-electron chi connectivity index (χ1n) is 25.2. The number of carbonyl (C=O) groups excluding carboxylic acids is 8. The van der Waals surface area contributed by atoms with Crippen LogP contribution in [0.15, 0.2) is 48.5 Å². The largest absolute Gasteiger partial charge is 0.352 e. The van der Waals surface area contributed by atoms with Gasteiger partial charge in [0, 0.05) is 36.6 Å². The molecule has 70 heavy (non-hydrogen) atoms. The lowest BCUT2D eigenvalue weighted by Gasteiger charge is -2.36. The number of nitrogens with zero attached hydrogens (tertiary/aromatic N) is 1. The first-order valence-corrected chi connectivity index (χ1v) is 25.2. The SMILES string of the molecule is CN[C@@H](C)C(=O)N[C@H](C(=O)N[C@@H](CCCC(=O)c1cccc(C(=O)C[C@H]2C[C@@H](C(=O)N[C@@H]3CCCc4ccccc43)N(C(=O)[C@@H](NC(=O)[C@H](C)NC)C(C)(C)C)C2)c1)C(=O)N[C@H](C)C(C)C)C(C)(C)C. The number of fused-ring (bicyclic) bond motifs is 1. The number of ketones is 2. The number of nitrogens with one attached hydrogen (secondary N) is 7. The van der Waals surface area contributed by atoms with Crippen molar-refractivity contribution in [2.45, 2.75) is 176 Å². The molecule has 1 heterocycles. The highest BCUT2D eigenvalue weighted by atomic mass is 16.2. The van der Waals surface area contributed by atoms with Gasteiger partial charge in [0.25, 0.3) is 0 Å². The normalized spacial score (nSPS) is 19.6. The molecule has 0 unspecified atom stereocenters. The van der Waals surface area contributed by atoms with Crippen molar-refractivity contribution in [2.24, 2.45) is 22.7 Å². The molecule has 1 saturated heterocycles. The first kappa shape index (κ1) is 57.1. The molecule has 0 aromatic heterocycles. The van der Waals surface area contributed by atoms with Gasteiger partial charge in [-0.15, -0.1) is 0 Å². The molecule has 4 rings (SSSR count). The van der Waals surface area contributed by atoms with Gasteiger partial charge in [0.1, 0.15) is 24.2 Å². The van der Waals surface area contributed by atoms with Crippen molar-refractivity contribution in [1.29, 1.82) is 0 Å². The van der Waals surface area contributed by atoms with Gasteiger partial charge in [-0.25, -0.2) is 0 Å². The van der Waals surface area contributed by atoms with Crippen LogP contribution in [0.25, 0.3) is 0 Å². The molecule has 7 N–H and O–H groups in total. The fourth-order valence-electron chi connectivity index (χ4n) is 8.89. The van der Waals surface area contributed by atoms with Gasteiger partial charge >= 0.3 is 0 Å². The number of Topliss-reactive ketones (excluding diaryl/α,β-unsaturated/α-hetero) is 2. The minimum Gasteiger partial charge on any atom is -0.352 e. The summed E-state index contributed by atoms with van der Waals surface area (Å²) < 4.78 is 0. The van der Waals surface area contributed by atoms with E-state index in [0.717, 1.165) is 24.8 Å². The number of hydrogen-bond acceptors (Lipinski definition) is 10. The van der Waals surface area contributed by atoms with E-state index in [1.807, 2.05) is 80.5 Å². The maximum atomic E-state index is 14.6. The van der Waals surface area contributed by atoms with Crippen LogP contribution in [-0.4, -0.2) is 115 Å². The van der Waals surface area contributed by atoms with Crippen LogP contribution in [0.4, 0.5) is 0 Å². The Morgan fingerprint density at radius 3 is 1.86 bits per heavy atom. The molecule has 2 aromatic rings. The molecule has 386 valence electrons. The predicted octanol–water partition coefficient (Wildman–Crippen LogP) is 4.95. The maximum Gasteiger partial charge on any atom is 0.246 e. The van der Waals surface area contributed by atoms with Crippen LogP contribution in [0.5, 0.6) is 0 Å². The van der Waals surface area contributed by atoms with Crippen LogP contribution in [0, 0.1) is 22.7 Å². The number of benzene rings is 2. The van der Waals surface area contributed by atoms with Crippen LogP contribution < -0.4 is 37.2 Å². The van der Waals surface area contributed by atoms with Crippen LogP contribution in [-0.2, 0) is 35.2 Å². The zero-order chi connectivity index (χ0) is 52.2. The lowest BCUT2D eigenvalue weighted by atomic mass is 9.85. The summed E-state index contributed by atoms with van der Waals surface area (Å²) in [6, 6.07) is 9.18. The van der Waals surface area contributed by atoms with Crippen LogP contribution in [0.3, 0.4) is 0 Å². The van der Waals surface area contributed by atoms with E-state index < -0.39 is 70.7 Å². The third-order valence-electron chi connectivity index (χ3n) is 14.0. The highest BCUT2D eigenvalue weighted by Gasteiger charge is 2.46. The first-order chi connectivity index (χ1) is 32.8. The Balaban J connectivity index is 1.51. The summed E-state index contributed by atoms with van der Waals surface area (Å²) in [5.41, 5.74) is 1.45. The van der Waals surface area contributed by atoms with Gasteiger partial charge in [0.05, 0.1) is 18.1 Å². The molecule has 9 atom stereocenters. The second kappa shape index (κ2) is 25.1. The third kappa shape index (κ3) is 15.5. The molecule has 1 fully saturated rings. The number of carbonyl (C=O) groups is 8. The summed E-state index contributed by atoms with van der Waals surface area (Å²) in [7, 11) is 3.31. The highest BCUT2D eigenvalue weighted by Crippen LogP contribution is 2.34. The average molecular weight is 971 g/mol. The summed E-state index contributed by atoms with van der Waals surface area (Å²) in [5, 5.41) is 20.6. The van der Waals surface area contributed by atoms with Crippen molar-refractivity contribution in [3.05, 3.63) is 70.8 Å². The molecule has 2 aliphatic rings. The van der Waals surface area contributed by atoms with Gasteiger partial charge in [-0.2, -0.15) is 0 Å². The number of amides is 6. The summed E-state index contributed by atoms with van der Waals surface area (Å²) in [6.45, 7) is 20.4. The molecule has 0 spiro atoms. The topological polar surface area (TPSA) is 224 Å². The Morgan fingerprint density at radius 1 is 0.686 bits per heavy atom. The van der Waals surface area contributed by atoms with Gasteiger partial charge in [-0.05, 0) is 113 Å². The Morgan fingerprint density at radius 2 is 1.27 bits per heavy atom. The number of aryl methyl sites for hydroxylation is 1. The molecule has 16 nitrogen and oxygen atoms in total. The van der Waals surface area contributed by atoms with E-state index >= 15 is 0 Å². The minimum absolute atomic E-state index is 0.00989.